The molecule has 96 valence electrons. The second-order valence-electron chi connectivity index (χ2n) is 3.86. The molecule has 6 nitrogen and oxygen atoms in total. The van der Waals surface area contributed by atoms with Crippen molar-refractivity contribution in [1.29, 1.82) is 0 Å². The molecule has 6 heteroatoms. The minimum atomic E-state index is -0.653. The molecule has 0 aliphatic carbocycles. The fourth-order valence-electron chi connectivity index (χ4n) is 1.65. The van der Waals surface area contributed by atoms with Gasteiger partial charge in [0.25, 0.3) is 5.91 Å². The molecule has 2 rings (SSSR count). The Morgan fingerprint density at radius 1 is 1.61 bits per heavy atom. The summed E-state index contributed by atoms with van der Waals surface area (Å²) in [7, 11) is 1.45. The van der Waals surface area contributed by atoms with Crippen molar-refractivity contribution in [2.75, 3.05) is 19.0 Å². The summed E-state index contributed by atoms with van der Waals surface area (Å²) < 4.78 is 10.3. The molecule has 0 radical (unpaired) electrons. The van der Waals surface area contributed by atoms with Gasteiger partial charge in [0, 0.05) is 26.3 Å². The standard InChI is InChI=1S/C12H15N3O3/c1-7-14-9-5-8(3-4-10(9)18-7)15-12(16)11(6-13)17-2/h3-5,11H,6,13H2,1-2H3,(H,15,16). The van der Waals surface area contributed by atoms with E-state index < -0.39 is 6.10 Å². The third-order valence-corrected chi connectivity index (χ3v) is 2.55. The van der Waals surface area contributed by atoms with Gasteiger partial charge >= 0.3 is 0 Å². The van der Waals surface area contributed by atoms with Gasteiger partial charge in [0.05, 0.1) is 0 Å². The van der Waals surface area contributed by atoms with Crippen LogP contribution in [0.1, 0.15) is 5.89 Å². The van der Waals surface area contributed by atoms with E-state index in [1.807, 2.05) is 0 Å². The lowest BCUT2D eigenvalue weighted by Gasteiger charge is -2.12. The Morgan fingerprint density at radius 2 is 2.39 bits per heavy atom. The van der Waals surface area contributed by atoms with Crippen molar-refractivity contribution in [2.45, 2.75) is 13.0 Å². The first-order chi connectivity index (χ1) is 8.63. The summed E-state index contributed by atoms with van der Waals surface area (Å²) in [5.74, 6) is 0.310. The molecule has 0 bridgehead atoms. The molecule has 2 aromatic rings. The smallest absolute Gasteiger partial charge is 0.254 e. The number of rotatable bonds is 4. The SMILES string of the molecule is COC(CN)C(=O)Nc1ccc2oc(C)nc2c1. The topological polar surface area (TPSA) is 90.4 Å². The molecule has 0 aliphatic heterocycles. The third kappa shape index (κ3) is 2.49. The number of ether oxygens (including phenoxy) is 1. The highest BCUT2D eigenvalue weighted by Gasteiger charge is 2.16. The molecule has 1 heterocycles. The van der Waals surface area contributed by atoms with E-state index in [-0.39, 0.29) is 12.5 Å². The van der Waals surface area contributed by atoms with E-state index >= 15 is 0 Å². The van der Waals surface area contributed by atoms with Crippen molar-refractivity contribution in [3.05, 3.63) is 24.1 Å². The van der Waals surface area contributed by atoms with E-state index in [1.54, 1.807) is 25.1 Å². The van der Waals surface area contributed by atoms with Crippen LogP contribution in [0.15, 0.2) is 22.6 Å². The molecule has 0 fully saturated rings. The zero-order valence-electron chi connectivity index (χ0n) is 10.3. The molecule has 0 aliphatic rings. The number of anilines is 1. The summed E-state index contributed by atoms with van der Waals surface area (Å²) in [5.41, 5.74) is 7.44. The van der Waals surface area contributed by atoms with Crippen LogP contribution in [-0.4, -0.2) is 30.6 Å². The Morgan fingerprint density at radius 3 is 3.06 bits per heavy atom. The Hall–Kier alpha value is -1.92. The fraction of sp³-hybridized carbons (Fsp3) is 0.333. The van der Waals surface area contributed by atoms with Crippen molar-refractivity contribution >= 4 is 22.7 Å². The second kappa shape index (κ2) is 5.16. The van der Waals surface area contributed by atoms with Crippen LogP contribution < -0.4 is 11.1 Å². The second-order valence-corrected chi connectivity index (χ2v) is 3.86. The average molecular weight is 249 g/mol. The van der Waals surface area contributed by atoms with E-state index in [4.69, 9.17) is 14.9 Å². The lowest BCUT2D eigenvalue weighted by molar-refractivity contribution is -0.125. The highest BCUT2D eigenvalue weighted by Crippen LogP contribution is 2.19. The van der Waals surface area contributed by atoms with Crippen LogP contribution in [0.25, 0.3) is 11.1 Å². The molecule has 0 spiro atoms. The van der Waals surface area contributed by atoms with Gasteiger partial charge < -0.3 is 20.2 Å². The summed E-state index contributed by atoms with van der Waals surface area (Å²) in [6.45, 7) is 1.90. The van der Waals surface area contributed by atoms with Crippen molar-refractivity contribution in [3.63, 3.8) is 0 Å². The number of carbonyl (C=O) groups is 1. The maximum Gasteiger partial charge on any atom is 0.254 e. The zero-order chi connectivity index (χ0) is 13.1. The summed E-state index contributed by atoms with van der Waals surface area (Å²) in [4.78, 5) is 15.9. The quantitative estimate of drug-likeness (QED) is 0.845. The molecule has 0 saturated heterocycles. The molecule has 3 N–H and O–H groups in total. The Kier molecular flexibility index (Phi) is 3.59. The summed E-state index contributed by atoms with van der Waals surface area (Å²) in [6.07, 6.45) is -0.653. The van der Waals surface area contributed by atoms with Crippen LogP contribution in [0.2, 0.25) is 0 Å². The number of methoxy groups -OCH3 is 1. The predicted octanol–water partition coefficient (Wildman–Crippen LogP) is 1.05. The van der Waals surface area contributed by atoms with Crippen LogP contribution in [0, 0.1) is 6.92 Å². The predicted molar refractivity (Wildman–Crippen MR) is 67.2 cm³/mol. The average Bonchev–Trinajstić information content (AvgIpc) is 2.70. The van der Waals surface area contributed by atoms with Crippen LogP contribution in [-0.2, 0) is 9.53 Å². The van der Waals surface area contributed by atoms with Gasteiger partial charge in [0.15, 0.2) is 11.5 Å². The van der Waals surface area contributed by atoms with Gasteiger partial charge in [0.2, 0.25) is 0 Å². The molecular formula is C12H15N3O3. The third-order valence-electron chi connectivity index (χ3n) is 2.55. The van der Waals surface area contributed by atoms with E-state index in [9.17, 15) is 4.79 Å². The van der Waals surface area contributed by atoms with E-state index in [0.29, 0.717) is 22.7 Å². The van der Waals surface area contributed by atoms with Gasteiger partial charge in [-0.3, -0.25) is 4.79 Å². The van der Waals surface area contributed by atoms with Crippen molar-refractivity contribution in [1.82, 2.24) is 4.98 Å². The van der Waals surface area contributed by atoms with E-state index in [0.717, 1.165) is 0 Å². The zero-order valence-corrected chi connectivity index (χ0v) is 10.3. The van der Waals surface area contributed by atoms with E-state index in [1.165, 1.54) is 7.11 Å². The maximum atomic E-state index is 11.8. The number of hydrogen-bond donors (Lipinski definition) is 2. The highest BCUT2D eigenvalue weighted by atomic mass is 16.5. The number of aromatic nitrogens is 1. The number of fused-ring (bicyclic) bond motifs is 1. The van der Waals surface area contributed by atoms with Crippen molar-refractivity contribution < 1.29 is 13.9 Å². The van der Waals surface area contributed by atoms with E-state index in [2.05, 4.69) is 10.3 Å². The van der Waals surface area contributed by atoms with Gasteiger partial charge in [-0.15, -0.1) is 0 Å². The number of nitrogens with one attached hydrogen (secondary N) is 1. The number of amides is 1. The number of nitrogens with two attached hydrogens (primary N) is 1. The van der Waals surface area contributed by atoms with Gasteiger partial charge in [-0.05, 0) is 18.2 Å². The largest absolute Gasteiger partial charge is 0.441 e. The lowest BCUT2D eigenvalue weighted by atomic mass is 10.2. The van der Waals surface area contributed by atoms with Crippen LogP contribution >= 0.6 is 0 Å². The lowest BCUT2D eigenvalue weighted by Crippen LogP contribution is -2.35. The first-order valence-electron chi connectivity index (χ1n) is 5.55. The Balaban J connectivity index is 2.18. The first-order valence-corrected chi connectivity index (χ1v) is 5.55. The van der Waals surface area contributed by atoms with Gasteiger partial charge in [-0.25, -0.2) is 4.98 Å². The first kappa shape index (κ1) is 12.5. The Labute approximate surface area is 104 Å². The summed E-state index contributed by atoms with van der Waals surface area (Å²) in [5, 5.41) is 2.72. The molecule has 18 heavy (non-hydrogen) atoms. The summed E-state index contributed by atoms with van der Waals surface area (Å²) >= 11 is 0. The number of aryl methyl sites for hydroxylation is 1. The molecule has 1 amide bonds. The highest BCUT2D eigenvalue weighted by molar-refractivity contribution is 5.95. The van der Waals surface area contributed by atoms with Gasteiger partial charge in [0.1, 0.15) is 11.6 Å². The molecular weight excluding hydrogens is 234 g/mol. The number of carbonyl (C=O) groups excluding carboxylic acids is 1. The van der Waals surface area contributed by atoms with Crippen LogP contribution in [0.4, 0.5) is 5.69 Å². The summed E-state index contributed by atoms with van der Waals surface area (Å²) in [6, 6.07) is 5.25. The Bertz CT molecular complexity index is 561. The number of hydrogen-bond acceptors (Lipinski definition) is 5. The molecule has 0 saturated carbocycles. The monoisotopic (exact) mass is 249 g/mol. The molecule has 1 unspecified atom stereocenters. The maximum absolute atomic E-state index is 11.8. The van der Waals surface area contributed by atoms with Crippen LogP contribution in [0.3, 0.4) is 0 Å². The normalized spacial score (nSPS) is 12.6. The number of oxazole rings is 1. The van der Waals surface area contributed by atoms with Crippen LogP contribution in [0.5, 0.6) is 0 Å². The minimum absolute atomic E-state index is 0.133. The molecule has 1 aromatic heterocycles. The van der Waals surface area contributed by atoms with Crippen molar-refractivity contribution in [3.8, 4) is 0 Å². The molecule has 1 aromatic carbocycles. The van der Waals surface area contributed by atoms with Gasteiger partial charge in [-0.1, -0.05) is 0 Å². The number of nitrogens with zero attached hydrogens (tertiary/aromatic N) is 1. The number of benzene rings is 1. The molecule has 1 atom stereocenters. The fourth-order valence-corrected chi connectivity index (χ4v) is 1.65. The van der Waals surface area contributed by atoms with Gasteiger partial charge in [-0.2, -0.15) is 0 Å². The minimum Gasteiger partial charge on any atom is -0.441 e. The van der Waals surface area contributed by atoms with Crippen molar-refractivity contribution in [2.24, 2.45) is 5.73 Å².